The summed E-state index contributed by atoms with van der Waals surface area (Å²) in [5.41, 5.74) is 3.54. The van der Waals surface area contributed by atoms with Gasteiger partial charge in [0.2, 0.25) is 0 Å². The number of halogens is 1. The molecule has 4 nitrogen and oxygen atoms in total. The highest BCUT2D eigenvalue weighted by Gasteiger charge is 2.13. The second-order valence-electron chi connectivity index (χ2n) is 6.48. The summed E-state index contributed by atoms with van der Waals surface area (Å²) in [6.45, 7) is 4.12. The van der Waals surface area contributed by atoms with Crippen LogP contribution in [0, 0.1) is 19.7 Å². The van der Waals surface area contributed by atoms with Gasteiger partial charge in [-0.15, -0.1) is 11.8 Å². The SMILES string of the molecule is CSc1cc(Nc2nc3ccc(F)cc3c3c(=O)[nH]ccc23)c(C)cc1C. The Hall–Kier alpha value is -2.86. The van der Waals surface area contributed by atoms with Crippen molar-refractivity contribution in [2.45, 2.75) is 18.7 Å². The summed E-state index contributed by atoms with van der Waals surface area (Å²) < 4.78 is 13.8. The molecule has 0 fully saturated rings. The number of nitrogens with one attached hydrogen (secondary N) is 2. The maximum atomic E-state index is 13.8. The molecule has 0 amide bonds. The van der Waals surface area contributed by atoms with E-state index < -0.39 is 5.82 Å². The summed E-state index contributed by atoms with van der Waals surface area (Å²) in [4.78, 5) is 21.0. The van der Waals surface area contributed by atoms with Gasteiger partial charge in [-0.05, 0) is 61.6 Å². The van der Waals surface area contributed by atoms with Gasteiger partial charge in [-0.25, -0.2) is 9.37 Å². The zero-order valence-electron chi connectivity index (χ0n) is 15.2. The zero-order valence-corrected chi connectivity index (χ0v) is 16.0. The first-order chi connectivity index (χ1) is 13.0. The average molecular weight is 379 g/mol. The number of hydrogen-bond acceptors (Lipinski definition) is 4. The monoisotopic (exact) mass is 379 g/mol. The molecule has 2 aromatic heterocycles. The quantitative estimate of drug-likeness (QED) is 0.375. The Morgan fingerprint density at radius 3 is 2.67 bits per heavy atom. The molecule has 4 rings (SSSR count). The number of thioether (sulfide) groups is 1. The van der Waals surface area contributed by atoms with E-state index >= 15 is 0 Å². The molecular weight excluding hydrogens is 361 g/mol. The summed E-state index contributed by atoms with van der Waals surface area (Å²) in [6.07, 6.45) is 3.62. The number of rotatable bonds is 3. The average Bonchev–Trinajstić information content (AvgIpc) is 2.64. The van der Waals surface area contributed by atoms with Gasteiger partial charge in [-0.1, -0.05) is 6.07 Å². The molecule has 0 spiro atoms. The molecule has 27 heavy (non-hydrogen) atoms. The van der Waals surface area contributed by atoms with Crippen molar-refractivity contribution in [2.24, 2.45) is 0 Å². The molecule has 6 heteroatoms. The number of nitrogens with zero attached hydrogens (tertiary/aromatic N) is 1. The van der Waals surface area contributed by atoms with Crippen molar-refractivity contribution in [1.29, 1.82) is 0 Å². The molecule has 0 saturated heterocycles. The molecule has 0 bridgehead atoms. The van der Waals surface area contributed by atoms with Crippen LogP contribution in [0.1, 0.15) is 11.1 Å². The van der Waals surface area contributed by atoms with Crippen molar-refractivity contribution in [3.63, 3.8) is 0 Å². The largest absolute Gasteiger partial charge is 0.339 e. The lowest BCUT2D eigenvalue weighted by atomic mass is 10.1. The molecule has 0 atom stereocenters. The minimum Gasteiger partial charge on any atom is -0.339 e. The van der Waals surface area contributed by atoms with Crippen molar-refractivity contribution < 1.29 is 4.39 Å². The van der Waals surface area contributed by atoms with E-state index in [0.717, 1.165) is 11.3 Å². The van der Waals surface area contributed by atoms with Crippen LogP contribution in [0.5, 0.6) is 0 Å². The van der Waals surface area contributed by atoms with E-state index in [-0.39, 0.29) is 5.56 Å². The number of benzene rings is 2. The van der Waals surface area contributed by atoms with Gasteiger partial charge in [0.15, 0.2) is 0 Å². The summed E-state index contributed by atoms with van der Waals surface area (Å²) in [7, 11) is 0. The number of hydrogen-bond donors (Lipinski definition) is 2. The van der Waals surface area contributed by atoms with E-state index in [0.29, 0.717) is 27.5 Å². The Balaban J connectivity index is 1.98. The number of aromatic nitrogens is 2. The van der Waals surface area contributed by atoms with Crippen molar-refractivity contribution in [1.82, 2.24) is 9.97 Å². The number of pyridine rings is 2. The van der Waals surface area contributed by atoms with Gasteiger partial charge in [-0.2, -0.15) is 0 Å². The topological polar surface area (TPSA) is 57.8 Å². The van der Waals surface area contributed by atoms with E-state index in [4.69, 9.17) is 0 Å². The number of H-pyrrole nitrogens is 1. The molecule has 0 aliphatic rings. The minimum absolute atomic E-state index is 0.265. The molecule has 2 heterocycles. The van der Waals surface area contributed by atoms with Crippen LogP contribution in [-0.2, 0) is 0 Å². The first kappa shape index (κ1) is 17.5. The van der Waals surface area contributed by atoms with Gasteiger partial charge in [0, 0.05) is 27.6 Å². The second kappa shape index (κ2) is 6.70. The fourth-order valence-electron chi connectivity index (χ4n) is 3.34. The van der Waals surface area contributed by atoms with Crippen molar-refractivity contribution >= 4 is 44.9 Å². The Morgan fingerprint density at radius 1 is 1.07 bits per heavy atom. The van der Waals surface area contributed by atoms with Crippen molar-refractivity contribution in [3.05, 3.63) is 69.9 Å². The zero-order chi connectivity index (χ0) is 19.1. The predicted molar refractivity (Wildman–Crippen MR) is 111 cm³/mol. The first-order valence-corrected chi connectivity index (χ1v) is 9.73. The Morgan fingerprint density at radius 2 is 1.89 bits per heavy atom. The van der Waals surface area contributed by atoms with E-state index in [2.05, 4.69) is 34.3 Å². The first-order valence-electron chi connectivity index (χ1n) is 8.51. The summed E-state index contributed by atoms with van der Waals surface area (Å²) >= 11 is 1.68. The lowest BCUT2D eigenvalue weighted by Gasteiger charge is -2.15. The van der Waals surface area contributed by atoms with E-state index in [1.54, 1.807) is 30.1 Å². The van der Waals surface area contributed by atoms with E-state index in [1.165, 1.54) is 22.6 Å². The molecule has 0 unspecified atom stereocenters. The molecule has 2 N–H and O–H groups in total. The lowest BCUT2D eigenvalue weighted by Crippen LogP contribution is -2.08. The number of fused-ring (bicyclic) bond motifs is 3. The fourth-order valence-corrected chi connectivity index (χ4v) is 3.96. The number of aromatic amines is 1. The minimum atomic E-state index is -0.395. The van der Waals surface area contributed by atoms with Gasteiger partial charge in [0.1, 0.15) is 11.6 Å². The molecule has 2 aromatic carbocycles. The van der Waals surface area contributed by atoms with Crippen molar-refractivity contribution in [3.8, 4) is 0 Å². The van der Waals surface area contributed by atoms with Crippen LogP contribution in [0.2, 0.25) is 0 Å². The van der Waals surface area contributed by atoms with E-state index in [9.17, 15) is 9.18 Å². The molecule has 0 saturated carbocycles. The third-order valence-corrected chi connectivity index (χ3v) is 5.55. The Kier molecular flexibility index (Phi) is 4.36. The molecule has 0 radical (unpaired) electrons. The van der Waals surface area contributed by atoms with Crippen LogP contribution >= 0.6 is 11.8 Å². The van der Waals surface area contributed by atoms with Crippen LogP contribution in [0.25, 0.3) is 21.7 Å². The van der Waals surface area contributed by atoms with Crippen LogP contribution in [0.3, 0.4) is 0 Å². The Bertz CT molecular complexity index is 1250. The fraction of sp³-hybridized carbons (Fsp3) is 0.143. The summed E-state index contributed by atoms with van der Waals surface area (Å²) in [5.74, 6) is 0.183. The van der Waals surface area contributed by atoms with Crippen LogP contribution in [-0.4, -0.2) is 16.2 Å². The van der Waals surface area contributed by atoms with E-state index in [1.807, 2.05) is 13.2 Å². The molecule has 0 aliphatic heterocycles. The molecule has 4 aromatic rings. The standard InChI is InChI=1S/C21H18FN3OS/c1-11-8-12(2)18(27-3)10-17(11)25-20-14-6-7-23-21(26)19(14)15-9-13(22)4-5-16(15)24-20/h4-10H,1-3H3,(H,23,26)(H,24,25). The van der Waals surface area contributed by atoms with Crippen molar-refractivity contribution in [2.75, 3.05) is 11.6 Å². The summed E-state index contributed by atoms with van der Waals surface area (Å²) in [6, 6.07) is 10.3. The van der Waals surface area contributed by atoms with Crippen LogP contribution in [0.4, 0.5) is 15.9 Å². The normalized spacial score (nSPS) is 11.3. The highest BCUT2D eigenvalue weighted by Crippen LogP contribution is 2.32. The maximum absolute atomic E-state index is 13.8. The van der Waals surface area contributed by atoms with Crippen LogP contribution in [0.15, 0.2) is 52.3 Å². The highest BCUT2D eigenvalue weighted by molar-refractivity contribution is 7.98. The number of aryl methyl sites for hydroxylation is 2. The van der Waals surface area contributed by atoms with Gasteiger partial charge in [0.25, 0.3) is 5.56 Å². The predicted octanol–water partition coefficient (Wildman–Crippen LogP) is 5.30. The molecular formula is C21H18FN3OS. The van der Waals surface area contributed by atoms with Gasteiger partial charge in [-0.3, -0.25) is 4.79 Å². The molecule has 0 aliphatic carbocycles. The molecule has 136 valence electrons. The highest BCUT2D eigenvalue weighted by atomic mass is 32.2. The van der Waals surface area contributed by atoms with Crippen LogP contribution < -0.4 is 10.9 Å². The smallest absolute Gasteiger partial charge is 0.256 e. The van der Waals surface area contributed by atoms with Gasteiger partial charge >= 0.3 is 0 Å². The maximum Gasteiger partial charge on any atom is 0.256 e. The lowest BCUT2D eigenvalue weighted by molar-refractivity contribution is 0.629. The number of anilines is 2. The second-order valence-corrected chi connectivity index (χ2v) is 7.33. The third-order valence-electron chi connectivity index (χ3n) is 4.67. The van der Waals surface area contributed by atoms with Gasteiger partial charge in [0.05, 0.1) is 10.9 Å². The van der Waals surface area contributed by atoms with Gasteiger partial charge < -0.3 is 10.3 Å². The third kappa shape index (κ3) is 3.06. The summed E-state index contributed by atoms with van der Waals surface area (Å²) in [5, 5.41) is 4.97. The Labute approximate surface area is 159 Å².